The summed E-state index contributed by atoms with van der Waals surface area (Å²) in [5.74, 6) is 0.0449. The summed E-state index contributed by atoms with van der Waals surface area (Å²) in [4.78, 5) is 26.1. The highest BCUT2D eigenvalue weighted by Gasteiger charge is 2.19. The Bertz CT molecular complexity index is 1510. The molecule has 5 rings (SSSR count). The maximum absolute atomic E-state index is 13.1. The predicted octanol–water partition coefficient (Wildman–Crippen LogP) is 5.46. The van der Waals surface area contributed by atoms with Gasteiger partial charge in [0.15, 0.2) is 11.0 Å². The van der Waals surface area contributed by atoms with Gasteiger partial charge in [0.2, 0.25) is 5.13 Å². The summed E-state index contributed by atoms with van der Waals surface area (Å²) in [6.07, 6.45) is 0.636. The number of para-hydroxylation sites is 1. The van der Waals surface area contributed by atoms with Crippen LogP contribution in [0.5, 0.6) is 0 Å². The van der Waals surface area contributed by atoms with Gasteiger partial charge in [-0.1, -0.05) is 78.1 Å². The molecule has 6 nitrogen and oxygen atoms in total. The second-order valence-electron chi connectivity index (χ2n) is 7.55. The van der Waals surface area contributed by atoms with Gasteiger partial charge in [-0.3, -0.25) is 14.9 Å². The highest BCUT2D eigenvalue weighted by Crippen LogP contribution is 2.28. The van der Waals surface area contributed by atoms with E-state index in [9.17, 15) is 9.59 Å². The third-order valence-corrected chi connectivity index (χ3v) is 6.15. The van der Waals surface area contributed by atoms with Crippen LogP contribution < -0.4 is 10.7 Å². The smallest absolute Gasteiger partial charge is 0.261 e. The molecule has 0 fully saturated rings. The number of fused-ring (bicyclic) bond motifs is 1. The number of nitrogens with zero attached hydrogens (tertiary/aromatic N) is 2. The van der Waals surface area contributed by atoms with Crippen LogP contribution in [0.3, 0.4) is 0 Å². The lowest BCUT2D eigenvalue weighted by Gasteiger charge is -2.10. The molecule has 0 saturated carbocycles. The molecule has 0 radical (unpaired) electrons. The zero-order chi connectivity index (χ0) is 22.8. The number of anilines is 1. The summed E-state index contributed by atoms with van der Waals surface area (Å²) in [6.45, 7) is 1.73. The van der Waals surface area contributed by atoms with Crippen LogP contribution in [0.2, 0.25) is 0 Å². The van der Waals surface area contributed by atoms with Gasteiger partial charge in [0.25, 0.3) is 5.91 Å². The zero-order valence-corrected chi connectivity index (χ0v) is 18.6. The Labute approximate surface area is 193 Å². The average molecular weight is 454 g/mol. The number of carbonyl (C=O) groups excluding carboxylic acids is 1. The number of rotatable bonds is 5. The van der Waals surface area contributed by atoms with Gasteiger partial charge in [-0.15, -0.1) is 10.2 Å². The molecule has 0 aliphatic rings. The van der Waals surface area contributed by atoms with Crippen LogP contribution in [0.1, 0.15) is 26.5 Å². The van der Waals surface area contributed by atoms with Crippen molar-refractivity contribution in [3.8, 4) is 11.3 Å². The molecule has 1 amide bonds. The van der Waals surface area contributed by atoms with Crippen molar-refractivity contribution in [2.45, 2.75) is 13.3 Å². The van der Waals surface area contributed by atoms with E-state index in [-0.39, 0.29) is 16.6 Å². The SMILES string of the molecule is Cc1c(-c2ccccc2)oc2c(C(=O)Nc3nnc(Cc4ccccc4)s3)cccc2c1=O. The fraction of sp³-hybridized carbons (Fsp3) is 0.0769. The van der Waals surface area contributed by atoms with Gasteiger partial charge in [-0.25, -0.2) is 0 Å². The van der Waals surface area contributed by atoms with Crippen molar-refractivity contribution in [2.75, 3.05) is 5.32 Å². The van der Waals surface area contributed by atoms with Crippen LogP contribution in [-0.2, 0) is 6.42 Å². The summed E-state index contributed by atoms with van der Waals surface area (Å²) in [5.41, 5.74) is 2.75. The molecule has 0 aliphatic carbocycles. The molecule has 0 bridgehead atoms. The summed E-state index contributed by atoms with van der Waals surface area (Å²) < 4.78 is 6.14. The lowest BCUT2D eigenvalue weighted by Crippen LogP contribution is -2.14. The van der Waals surface area contributed by atoms with Crippen molar-refractivity contribution in [1.82, 2.24) is 10.2 Å². The largest absolute Gasteiger partial charge is 0.455 e. The van der Waals surface area contributed by atoms with Crippen LogP contribution >= 0.6 is 11.3 Å². The number of carbonyl (C=O) groups is 1. The third-order valence-electron chi connectivity index (χ3n) is 5.31. The van der Waals surface area contributed by atoms with Gasteiger partial charge in [0, 0.05) is 17.5 Å². The first-order chi connectivity index (χ1) is 16.1. The van der Waals surface area contributed by atoms with E-state index in [4.69, 9.17) is 4.42 Å². The second kappa shape index (κ2) is 8.80. The van der Waals surface area contributed by atoms with Crippen molar-refractivity contribution < 1.29 is 9.21 Å². The van der Waals surface area contributed by atoms with E-state index in [2.05, 4.69) is 15.5 Å². The Hall–Kier alpha value is -4.10. The Morgan fingerprint density at radius 2 is 1.67 bits per heavy atom. The molecule has 0 aliphatic heterocycles. The summed E-state index contributed by atoms with van der Waals surface area (Å²) in [6, 6.07) is 24.3. The van der Waals surface area contributed by atoms with Gasteiger partial charge < -0.3 is 4.42 Å². The van der Waals surface area contributed by atoms with Crippen LogP contribution in [0.15, 0.2) is 88.1 Å². The summed E-state index contributed by atoms with van der Waals surface area (Å²) >= 11 is 1.32. The Morgan fingerprint density at radius 3 is 2.42 bits per heavy atom. The minimum Gasteiger partial charge on any atom is -0.455 e. The Morgan fingerprint density at radius 1 is 0.939 bits per heavy atom. The van der Waals surface area contributed by atoms with Crippen molar-refractivity contribution in [3.05, 3.63) is 111 Å². The number of aromatic nitrogens is 2. The first-order valence-electron chi connectivity index (χ1n) is 10.4. The molecule has 7 heteroatoms. The van der Waals surface area contributed by atoms with Crippen LogP contribution in [0, 0.1) is 6.92 Å². The average Bonchev–Trinajstić information content (AvgIpc) is 3.28. The Kier molecular flexibility index (Phi) is 5.54. The van der Waals surface area contributed by atoms with E-state index in [0.717, 1.165) is 16.1 Å². The van der Waals surface area contributed by atoms with E-state index in [1.165, 1.54) is 11.3 Å². The molecule has 0 atom stereocenters. The lowest BCUT2D eigenvalue weighted by atomic mass is 10.0. The van der Waals surface area contributed by atoms with E-state index >= 15 is 0 Å². The zero-order valence-electron chi connectivity index (χ0n) is 17.7. The molecule has 162 valence electrons. The number of hydrogen-bond donors (Lipinski definition) is 1. The van der Waals surface area contributed by atoms with Gasteiger partial charge in [0.05, 0.1) is 10.9 Å². The van der Waals surface area contributed by atoms with Crippen molar-refractivity contribution in [3.63, 3.8) is 0 Å². The van der Waals surface area contributed by atoms with Crippen LogP contribution in [0.25, 0.3) is 22.3 Å². The van der Waals surface area contributed by atoms with Crippen molar-refractivity contribution in [1.29, 1.82) is 0 Å². The molecule has 0 unspecified atom stereocenters. The van der Waals surface area contributed by atoms with E-state index in [1.54, 1.807) is 25.1 Å². The summed E-state index contributed by atoms with van der Waals surface area (Å²) in [5, 5.41) is 12.6. The predicted molar refractivity (Wildman–Crippen MR) is 130 cm³/mol. The molecular formula is C26H19N3O3S. The van der Waals surface area contributed by atoms with E-state index in [1.807, 2.05) is 60.7 Å². The molecule has 0 saturated heterocycles. The molecule has 0 spiro atoms. The first-order valence-corrected chi connectivity index (χ1v) is 11.2. The lowest BCUT2D eigenvalue weighted by molar-refractivity contribution is 0.102. The first kappa shape index (κ1) is 20.8. The van der Waals surface area contributed by atoms with Crippen LogP contribution in [0.4, 0.5) is 5.13 Å². The topological polar surface area (TPSA) is 85.1 Å². The fourth-order valence-corrected chi connectivity index (χ4v) is 4.43. The van der Waals surface area contributed by atoms with Gasteiger partial charge in [-0.2, -0.15) is 0 Å². The number of benzene rings is 3. The third kappa shape index (κ3) is 4.18. The fourth-order valence-electron chi connectivity index (χ4n) is 3.66. The second-order valence-corrected chi connectivity index (χ2v) is 8.61. The molecule has 3 aromatic carbocycles. The number of nitrogens with one attached hydrogen (secondary N) is 1. The van der Waals surface area contributed by atoms with Gasteiger partial charge >= 0.3 is 0 Å². The normalized spacial score (nSPS) is 10.9. The van der Waals surface area contributed by atoms with Gasteiger partial charge in [-0.05, 0) is 24.6 Å². The van der Waals surface area contributed by atoms with Crippen molar-refractivity contribution in [2.24, 2.45) is 0 Å². The van der Waals surface area contributed by atoms with Gasteiger partial charge in [0.1, 0.15) is 10.8 Å². The van der Waals surface area contributed by atoms with Crippen LogP contribution in [-0.4, -0.2) is 16.1 Å². The Balaban J connectivity index is 1.48. The minimum atomic E-state index is -0.408. The minimum absolute atomic E-state index is 0.161. The monoisotopic (exact) mass is 453 g/mol. The maximum atomic E-state index is 13.1. The quantitative estimate of drug-likeness (QED) is 0.382. The van der Waals surface area contributed by atoms with E-state index in [0.29, 0.717) is 28.3 Å². The molecule has 2 heterocycles. The molecular weight excluding hydrogens is 434 g/mol. The standard InChI is InChI=1S/C26H19N3O3S/c1-16-22(30)19-13-8-14-20(24(19)32-23(16)18-11-6-3-7-12-18)25(31)27-26-29-28-21(33-26)15-17-9-4-2-5-10-17/h2-14H,15H2,1H3,(H,27,29,31). The van der Waals surface area contributed by atoms with E-state index < -0.39 is 5.91 Å². The number of hydrogen-bond acceptors (Lipinski definition) is 6. The highest BCUT2D eigenvalue weighted by atomic mass is 32.1. The molecule has 2 aromatic heterocycles. The number of amides is 1. The summed E-state index contributed by atoms with van der Waals surface area (Å²) in [7, 11) is 0. The van der Waals surface area contributed by atoms with Crippen molar-refractivity contribution >= 4 is 33.3 Å². The molecule has 33 heavy (non-hydrogen) atoms. The maximum Gasteiger partial charge on any atom is 0.261 e. The molecule has 5 aromatic rings. The highest BCUT2D eigenvalue weighted by molar-refractivity contribution is 7.15. The molecule has 1 N–H and O–H groups in total.